The molecule has 0 aliphatic carbocycles. The predicted octanol–water partition coefficient (Wildman–Crippen LogP) is 2.71. The lowest BCUT2D eigenvalue weighted by atomic mass is 10.1. The van der Waals surface area contributed by atoms with Gasteiger partial charge in [0.2, 0.25) is 5.91 Å². The summed E-state index contributed by atoms with van der Waals surface area (Å²) in [6.45, 7) is -0.152. The number of hydrogen-bond donors (Lipinski definition) is 2. The molecule has 2 aromatic carbocycles. The summed E-state index contributed by atoms with van der Waals surface area (Å²) < 4.78 is 5.16. The molecule has 0 bridgehead atoms. The lowest BCUT2D eigenvalue weighted by Gasteiger charge is -2.05. The van der Waals surface area contributed by atoms with Crippen molar-refractivity contribution in [1.29, 1.82) is 0 Å². The molecule has 2 amide bonds. The minimum Gasteiger partial charge on any atom is -0.355 e. The van der Waals surface area contributed by atoms with Crippen LogP contribution in [0.1, 0.15) is 10.5 Å². The van der Waals surface area contributed by atoms with Crippen LogP contribution in [0, 0.1) is 0 Å². The third-order valence-electron chi connectivity index (χ3n) is 3.27. The highest BCUT2D eigenvalue weighted by atomic mass is 16.5. The number of benzene rings is 2. The zero-order valence-electron chi connectivity index (χ0n) is 12.7. The number of hydrogen-bond acceptors (Lipinski definition) is 4. The molecule has 24 heavy (non-hydrogen) atoms. The second-order valence-electron chi connectivity index (χ2n) is 5.04. The number of aromatic nitrogens is 1. The molecule has 0 aliphatic rings. The van der Waals surface area contributed by atoms with E-state index < -0.39 is 5.91 Å². The molecule has 2 N–H and O–H groups in total. The Labute approximate surface area is 138 Å². The number of amides is 2. The van der Waals surface area contributed by atoms with Gasteiger partial charge in [-0.15, -0.1) is 0 Å². The number of carbonyl (C=O) groups is 2. The number of para-hydroxylation sites is 1. The highest BCUT2D eigenvalue weighted by Gasteiger charge is 2.14. The van der Waals surface area contributed by atoms with Crippen molar-refractivity contribution in [3.8, 4) is 11.3 Å². The van der Waals surface area contributed by atoms with Gasteiger partial charge in [-0.05, 0) is 12.1 Å². The molecule has 0 saturated heterocycles. The van der Waals surface area contributed by atoms with Gasteiger partial charge in [-0.2, -0.15) is 0 Å². The molecule has 1 aromatic heterocycles. The molecule has 3 rings (SSSR count). The molecule has 120 valence electrons. The number of rotatable bonds is 5. The van der Waals surface area contributed by atoms with Crippen LogP contribution in [0.2, 0.25) is 0 Å². The van der Waals surface area contributed by atoms with Crippen LogP contribution in [0.4, 0.5) is 5.69 Å². The molecule has 0 atom stereocenters. The van der Waals surface area contributed by atoms with Gasteiger partial charge in [-0.25, -0.2) is 0 Å². The SMILES string of the molecule is O=C(CNC(=O)c1cc(-c2ccccc2)on1)Nc1ccccc1. The third-order valence-corrected chi connectivity index (χ3v) is 3.27. The average molecular weight is 321 g/mol. The monoisotopic (exact) mass is 321 g/mol. The highest BCUT2D eigenvalue weighted by Crippen LogP contribution is 2.19. The van der Waals surface area contributed by atoms with Crippen LogP contribution < -0.4 is 10.6 Å². The minimum absolute atomic E-state index is 0.126. The fourth-order valence-corrected chi connectivity index (χ4v) is 2.10. The van der Waals surface area contributed by atoms with Gasteiger partial charge >= 0.3 is 0 Å². The van der Waals surface area contributed by atoms with Gasteiger partial charge in [0.15, 0.2) is 11.5 Å². The molecule has 0 radical (unpaired) electrons. The summed E-state index contributed by atoms with van der Waals surface area (Å²) in [4.78, 5) is 23.8. The van der Waals surface area contributed by atoms with E-state index in [1.807, 2.05) is 48.5 Å². The van der Waals surface area contributed by atoms with E-state index in [0.29, 0.717) is 11.4 Å². The van der Waals surface area contributed by atoms with E-state index in [1.165, 1.54) is 0 Å². The van der Waals surface area contributed by atoms with Gasteiger partial charge in [0, 0.05) is 17.3 Å². The maximum absolute atomic E-state index is 12.0. The molecule has 0 spiro atoms. The first-order valence-corrected chi connectivity index (χ1v) is 7.37. The van der Waals surface area contributed by atoms with Gasteiger partial charge in [0.05, 0.1) is 6.54 Å². The first kappa shape index (κ1) is 15.5. The van der Waals surface area contributed by atoms with Crippen molar-refractivity contribution in [2.45, 2.75) is 0 Å². The zero-order chi connectivity index (χ0) is 16.8. The molecule has 0 aliphatic heterocycles. The molecular formula is C18H15N3O3. The van der Waals surface area contributed by atoms with Crippen LogP contribution in [-0.4, -0.2) is 23.5 Å². The molecular weight excluding hydrogens is 306 g/mol. The standard InChI is InChI=1S/C18H15N3O3/c22-17(20-14-9-5-2-6-10-14)12-19-18(23)15-11-16(24-21-15)13-7-3-1-4-8-13/h1-11H,12H2,(H,19,23)(H,20,22). The lowest BCUT2D eigenvalue weighted by molar-refractivity contribution is -0.115. The summed E-state index contributed by atoms with van der Waals surface area (Å²) in [6.07, 6.45) is 0. The van der Waals surface area contributed by atoms with E-state index in [4.69, 9.17) is 4.52 Å². The Hall–Kier alpha value is -3.41. The first-order valence-electron chi connectivity index (χ1n) is 7.37. The Bertz CT molecular complexity index is 829. The van der Waals surface area contributed by atoms with Crippen LogP contribution >= 0.6 is 0 Å². The summed E-state index contributed by atoms with van der Waals surface area (Å²) in [6, 6.07) is 19.9. The average Bonchev–Trinajstić information content (AvgIpc) is 3.11. The van der Waals surface area contributed by atoms with E-state index in [2.05, 4.69) is 15.8 Å². The summed E-state index contributed by atoms with van der Waals surface area (Å²) in [5, 5.41) is 8.93. The lowest BCUT2D eigenvalue weighted by Crippen LogP contribution is -2.33. The van der Waals surface area contributed by atoms with Gasteiger partial charge < -0.3 is 15.2 Å². The van der Waals surface area contributed by atoms with Crippen molar-refractivity contribution in [3.05, 3.63) is 72.4 Å². The maximum atomic E-state index is 12.0. The Morgan fingerprint density at radius 3 is 2.33 bits per heavy atom. The van der Waals surface area contributed by atoms with Crippen molar-refractivity contribution in [2.24, 2.45) is 0 Å². The molecule has 0 fully saturated rings. The molecule has 6 heteroatoms. The van der Waals surface area contributed by atoms with Crippen LogP contribution in [0.15, 0.2) is 71.3 Å². The fraction of sp³-hybridized carbons (Fsp3) is 0.0556. The van der Waals surface area contributed by atoms with Gasteiger partial charge in [-0.3, -0.25) is 9.59 Å². The number of nitrogens with zero attached hydrogens (tertiary/aromatic N) is 1. The Balaban J connectivity index is 1.56. The van der Waals surface area contributed by atoms with Gasteiger partial charge in [-0.1, -0.05) is 53.7 Å². The second-order valence-corrected chi connectivity index (χ2v) is 5.04. The number of carbonyl (C=O) groups excluding carboxylic acids is 2. The van der Waals surface area contributed by atoms with E-state index >= 15 is 0 Å². The van der Waals surface area contributed by atoms with Crippen molar-refractivity contribution in [2.75, 3.05) is 11.9 Å². The molecule has 1 heterocycles. The Morgan fingerprint density at radius 1 is 0.958 bits per heavy atom. The van der Waals surface area contributed by atoms with Gasteiger partial charge in [0.25, 0.3) is 5.91 Å². The van der Waals surface area contributed by atoms with E-state index in [9.17, 15) is 9.59 Å². The normalized spacial score (nSPS) is 10.2. The molecule has 0 unspecified atom stereocenters. The number of anilines is 1. The maximum Gasteiger partial charge on any atom is 0.273 e. The summed E-state index contributed by atoms with van der Waals surface area (Å²) >= 11 is 0. The van der Waals surface area contributed by atoms with Crippen molar-refractivity contribution in [1.82, 2.24) is 10.5 Å². The molecule has 6 nitrogen and oxygen atoms in total. The summed E-state index contributed by atoms with van der Waals surface area (Å²) in [5.41, 5.74) is 1.62. The quantitative estimate of drug-likeness (QED) is 0.757. The second kappa shape index (κ2) is 7.23. The van der Waals surface area contributed by atoms with Crippen LogP contribution in [-0.2, 0) is 4.79 Å². The smallest absolute Gasteiger partial charge is 0.273 e. The van der Waals surface area contributed by atoms with E-state index in [1.54, 1.807) is 18.2 Å². The molecule has 3 aromatic rings. The van der Waals surface area contributed by atoms with Crippen molar-refractivity contribution in [3.63, 3.8) is 0 Å². The Morgan fingerprint density at radius 2 is 1.62 bits per heavy atom. The Kier molecular flexibility index (Phi) is 4.67. The van der Waals surface area contributed by atoms with Gasteiger partial charge in [0.1, 0.15) is 0 Å². The van der Waals surface area contributed by atoms with Crippen LogP contribution in [0.5, 0.6) is 0 Å². The minimum atomic E-state index is -0.468. The summed E-state index contributed by atoms with van der Waals surface area (Å²) in [7, 11) is 0. The van der Waals surface area contributed by atoms with Crippen LogP contribution in [0.25, 0.3) is 11.3 Å². The largest absolute Gasteiger partial charge is 0.355 e. The summed E-state index contributed by atoms with van der Waals surface area (Å²) in [5.74, 6) is -0.292. The van der Waals surface area contributed by atoms with Crippen LogP contribution in [0.3, 0.4) is 0 Å². The highest BCUT2D eigenvalue weighted by molar-refractivity contribution is 5.98. The fourth-order valence-electron chi connectivity index (χ4n) is 2.10. The van der Waals surface area contributed by atoms with Crippen molar-refractivity contribution >= 4 is 17.5 Å². The molecule has 0 saturated carbocycles. The predicted molar refractivity (Wildman–Crippen MR) is 89.3 cm³/mol. The van der Waals surface area contributed by atoms with E-state index in [-0.39, 0.29) is 18.1 Å². The zero-order valence-corrected chi connectivity index (χ0v) is 12.7. The third kappa shape index (κ3) is 3.86. The number of nitrogens with one attached hydrogen (secondary N) is 2. The van der Waals surface area contributed by atoms with E-state index in [0.717, 1.165) is 5.56 Å². The topological polar surface area (TPSA) is 84.2 Å². The first-order chi connectivity index (χ1) is 11.7. The van der Waals surface area contributed by atoms with Crippen molar-refractivity contribution < 1.29 is 14.1 Å².